The van der Waals surface area contributed by atoms with Gasteiger partial charge in [0, 0.05) is 0 Å². The van der Waals surface area contributed by atoms with E-state index in [1.54, 1.807) is 0 Å². The van der Waals surface area contributed by atoms with E-state index in [0.717, 1.165) is 16.8 Å². The summed E-state index contributed by atoms with van der Waals surface area (Å²) in [5.74, 6) is 0. The Balaban J connectivity index is 2.74. The summed E-state index contributed by atoms with van der Waals surface area (Å²) < 4.78 is -0.376. The largest absolute Gasteiger partial charge is 0.235 e. The molecule has 0 fully saturated rings. The van der Waals surface area contributed by atoms with Crippen LogP contribution < -0.4 is 0 Å². The van der Waals surface area contributed by atoms with Gasteiger partial charge in [-0.2, -0.15) is 5.26 Å². The first-order valence-electron chi connectivity index (χ1n) is 5.35. The van der Waals surface area contributed by atoms with Crippen LogP contribution in [0.25, 0.3) is 5.69 Å². The van der Waals surface area contributed by atoms with E-state index >= 15 is 0 Å². The summed E-state index contributed by atoms with van der Waals surface area (Å²) in [7, 11) is 0. The van der Waals surface area contributed by atoms with Gasteiger partial charge in [-0.05, 0) is 31.0 Å². The number of benzene rings is 1. The van der Waals surface area contributed by atoms with Crippen LogP contribution in [0.3, 0.4) is 0 Å². The molecule has 1 aromatic heterocycles. The van der Waals surface area contributed by atoms with Crippen LogP contribution in [0.1, 0.15) is 22.5 Å². The quantitative estimate of drug-likeness (QED) is 0.756. The smallest absolute Gasteiger partial charge is 0.211 e. The van der Waals surface area contributed by atoms with E-state index in [4.69, 9.17) is 40.1 Å². The SMILES string of the molecule is Cc1ccc(C)c(-n2nnc(C#N)c2C(Cl)(Cl)Cl)c1. The molecule has 0 atom stereocenters. The monoisotopic (exact) mass is 314 g/mol. The number of aromatic nitrogens is 3. The minimum atomic E-state index is -1.77. The van der Waals surface area contributed by atoms with Crippen molar-refractivity contribution in [3.8, 4) is 11.8 Å². The molecule has 0 spiro atoms. The predicted octanol–water partition coefficient (Wildman–Crippen LogP) is 3.58. The lowest BCUT2D eigenvalue weighted by molar-refractivity contribution is 0.766. The van der Waals surface area contributed by atoms with E-state index in [0.29, 0.717) is 0 Å². The lowest BCUT2D eigenvalue weighted by Gasteiger charge is -2.15. The molecular weight excluding hydrogens is 307 g/mol. The molecular formula is C12H9Cl3N4. The fourth-order valence-corrected chi connectivity index (χ4v) is 2.24. The minimum Gasteiger partial charge on any atom is -0.211 e. The zero-order valence-corrected chi connectivity index (χ0v) is 12.4. The van der Waals surface area contributed by atoms with E-state index in [-0.39, 0.29) is 11.4 Å². The zero-order chi connectivity index (χ0) is 14.2. The number of hydrogen-bond donors (Lipinski definition) is 0. The Bertz CT molecular complexity index is 665. The molecule has 7 heteroatoms. The summed E-state index contributed by atoms with van der Waals surface area (Å²) in [6.45, 7) is 3.85. The van der Waals surface area contributed by atoms with Crippen molar-refractivity contribution in [2.45, 2.75) is 17.6 Å². The van der Waals surface area contributed by atoms with Gasteiger partial charge in [0.05, 0.1) is 5.69 Å². The third-order valence-corrected chi connectivity index (χ3v) is 3.17. The Morgan fingerprint density at radius 3 is 2.53 bits per heavy atom. The van der Waals surface area contributed by atoms with Crippen molar-refractivity contribution in [2.24, 2.45) is 0 Å². The summed E-state index contributed by atoms with van der Waals surface area (Å²) in [5, 5.41) is 16.7. The molecule has 4 nitrogen and oxygen atoms in total. The number of nitriles is 1. The van der Waals surface area contributed by atoms with Crippen LogP contribution >= 0.6 is 34.8 Å². The first-order valence-corrected chi connectivity index (χ1v) is 6.48. The van der Waals surface area contributed by atoms with Crippen LogP contribution in [-0.2, 0) is 3.79 Å². The number of aryl methyl sites for hydroxylation is 2. The molecule has 0 amide bonds. The van der Waals surface area contributed by atoms with Gasteiger partial charge in [0.1, 0.15) is 11.8 Å². The molecule has 98 valence electrons. The number of halogens is 3. The molecule has 0 N–H and O–H groups in total. The Labute approximate surface area is 125 Å². The van der Waals surface area contributed by atoms with E-state index in [1.807, 2.05) is 38.1 Å². The molecule has 0 radical (unpaired) electrons. The lowest BCUT2D eigenvalue weighted by Crippen LogP contribution is -2.13. The Kier molecular flexibility index (Phi) is 3.73. The van der Waals surface area contributed by atoms with E-state index in [1.165, 1.54) is 4.68 Å². The van der Waals surface area contributed by atoms with Crippen molar-refractivity contribution in [1.82, 2.24) is 15.0 Å². The van der Waals surface area contributed by atoms with Crippen LogP contribution in [0.15, 0.2) is 18.2 Å². The van der Waals surface area contributed by atoms with Gasteiger partial charge in [-0.3, -0.25) is 0 Å². The van der Waals surface area contributed by atoms with Crippen molar-refractivity contribution in [3.63, 3.8) is 0 Å². The fourth-order valence-electron chi connectivity index (χ4n) is 1.73. The normalized spacial score (nSPS) is 11.4. The summed E-state index contributed by atoms with van der Waals surface area (Å²) in [6, 6.07) is 7.67. The minimum absolute atomic E-state index is 0.000839. The Hall–Kier alpha value is -1.28. The molecule has 1 aromatic carbocycles. The molecule has 2 aromatic rings. The number of rotatable bonds is 1. The molecule has 0 aliphatic carbocycles. The second kappa shape index (κ2) is 5.01. The second-order valence-electron chi connectivity index (χ2n) is 4.10. The number of nitrogens with zero attached hydrogens (tertiary/aromatic N) is 4. The van der Waals surface area contributed by atoms with Crippen LogP contribution in [0.4, 0.5) is 0 Å². The third kappa shape index (κ3) is 2.69. The van der Waals surface area contributed by atoms with Gasteiger partial charge in [0.25, 0.3) is 0 Å². The van der Waals surface area contributed by atoms with Crippen LogP contribution in [0, 0.1) is 25.2 Å². The predicted molar refractivity (Wildman–Crippen MR) is 74.8 cm³/mol. The van der Waals surface area contributed by atoms with E-state index in [2.05, 4.69) is 10.3 Å². The van der Waals surface area contributed by atoms with Gasteiger partial charge < -0.3 is 0 Å². The molecule has 0 saturated carbocycles. The molecule has 2 rings (SSSR count). The van der Waals surface area contributed by atoms with Crippen LogP contribution in [-0.4, -0.2) is 15.0 Å². The van der Waals surface area contributed by atoms with Gasteiger partial charge in [0.2, 0.25) is 3.79 Å². The molecule has 0 aliphatic heterocycles. The molecule has 0 unspecified atom stereocenters. The van der Waals surface area contributed by atoms with Gasteiger partial charge in [-0.25, -0.2) is 4.68 Å². The molecule has 0 saturated heterocycles. The summed E-state index contributed by atoms with van der Waals surface area (Å²) in [5.41, 5.74) is 2.85. The number of alkyl halides is 3. The second-order valence-corrected chi connectivity index (χ2v) is 6.38. The van der Waals surface area contributed by atoms with E-state index in [9.17, 15) is 0 Å². The highest BCUT2D eigenvalue weighted by Gasteiger charge is 2.33. The van der Waals surface area contributed by atoms with E-state index < -0.39 is 3.79 Å². The van der Waals surface area contributed by atoms with Crippen molar-refractivity contribution in [3.05, 3.63) is 40.7 Å². The average molecular weight is 316 g/mol. The highest BCUT2D eigenvalue weighted by Crippen LogP contribution is 2.40. The Morgan fingerprint density at radius 1 is 1.26 bits per heavy atom. The molecule has 19 heavy (non-hydrogen) atoms. The molecule has 0 bridgehead atoms. The summed E-state index contributed by atoms with van der Waals surface area (Å²) >= 11 is 17.7. The van der Waals surface area contributed by atoms with Crippen molar-refractivity contribution < 1.29 is 0 Å². The van der Waals surface area contributed by atoms with Crippen molar-refractivity contribution >= 4 is 34.8 Å². The standard InChI is InChI=1S/C12H9Cl3N4/c1-7-3-4-8(2)10(5-7)19-11(12(13,14)15)9(6-16)17-18-19/h3-5H,1-2H3. The number of hydrogen-bond acceptors (Lipinski definition) is 3. The maximum absolute atomic E-state index is 9.02. The van der Waals surface area contributed by atoms with Crippen LogP contribution in [0.5, 0.6) is 0 Å². The maximum atomic E-state index is 9.02. The fraction of sp³-hybridized carbons (Fsp3) is 0.250. The highest BCUT2D eigenvalue weighted by atomic mass is 35.6. The van der Waals surface area contributed by atoms with Gasteiger partial charge >= 0.3 is 0 Å². The Morgan fingerprint density at radius 2 is 1.95 bits per heavy atom. The topological polar surface area (TPSA) is 54.5 Å². The van der Waals surface area contributed by atoms with Crippen LogP contribution in [0.2, 0.25) is 0 Å². The summed E-state index contributed by atoms with van der Waals surface area (Å²) in [6.07, 6.45) is 0. The molecule has 1 heterocycles. The van der Waals surface area contributed by atoms with Gasteiger partial charge in [-0.1, -0.05) is 52.1 Å². The zero-order valence-electron chi connectivity index (χ0n) is 10.2. The first kappa shape index (κ1) is 14.1. The summed E-state index contributed by atoms with van der Waals surface area (Å²) in [4.78, 5) is 0. The molecule has 0 aliphatic rings. The van der Waals surface area contributed by atoms with Gasteiger partial charge in [-0.15, -0.1) is 5.10 Å². The lowest BCUT2D eigenvalue weighted by atomic mass is 10.1. The van der Waals surface area contributed by atoms with Gasteiger partial charge in [0.15, 0.2) is 5.69 Å². The highest BCUT2D eigenvalue weighted by molar-refractivity contribution is 6.66. The third-order valence-electron chi connectivity index (χ3n) is 2.64. The first-order chi connectivity index (χ1) is 8.84. The van der Waals surface area contributed by atoms with Crippen molar-refractivity contribution in [2.75, 3.05) is 0 Å². The van der Waals surface area contributed by atoms with Crippen molar-refractivity contribution in [1.29, 1.82) is 5.26 Å². The average Bonchev–Trinajstić information content (AvgIpc) is 2.75. The maximum Gasteiger partial charge on any atom is 0.235 e.